The summed E-state index contributed by atoms with van der Waals surface area (Å²) in [6.07, 6.45) is 0.711. The van der Waals surface area contributed by atoms with Crippen molar-refractivity contribution in [3.05, 3.63) is 89.7 Å². The van der Waals surface area contributed by atoms with Crippen molar-refractivity contribution in [2.45, 2.75) is 19.0 Å². The third kappa shape index (κ3) is 4.38. The first-order valence-electron chi connectivity index (χ1n) is 11.4. The molecule has 0 aliphatic carbocycles. The predicted octanol–water partition coefficient (Wildman–Crippen LogP) is 4.02. The quantitative estimate of drug-likeness (QED) is 0.645. The minimum atomic E-state index is -0.273. The molecule has 1 fully saturated rings. The van der Waals surface area contributed by atoms with Gasteiger partial charge in [0, 0.05) is 37.6 Å². The molecule has 2 aliphatic rings. The van der Waals surface area contributed by atoms with Crippen LogP contribution in [0.25, 0.3) is 0 Å². The lowest BCUT2D eigenvalue weighted by Crippen LogP contribution is -2.61. The van der Waals surface area contributed by atoms with E-state index in [1.807, 2.05) is 18.2 Å². The van der Waals surface area contributed by atoms with Crippen molar-refractivity contribution in [2.24, 2.45) is 5.92 Å². The summed E-state index contributed by atoms with van der Waals surface area (Å²) in [7, 11) is 1.67. The Morgan fingerprint density at radius 1 is 1.03 bits per heavy atom. The molecule has 5 rings (SSSR count). The number of carbonyl (C=O) groups excluding carboxylic acids is 1. The van der Waals surface area contributed by atoms with Gasteiger partial charge in [-0.25, -0.2) is 4.39 Å². The van der Waals surface area contributed by atoms with E-state index in [2.05, 4.69) is 45.4 Å². The Kier molecular flexibility index (Phi) is 5.90. The van der Waals surface area contributed by atoms with Gasteiger partial charge in [0.1, 0.15) is 11.6 Å². The van der Waals surface area contributed by atoms with Crippen LogP contribution in [-0.2, 0) is 17.8 Å². The summed E-state index contributed by atoms with van der Waals surface area (Å²) in [5.41, 5.74) is 4.48. The number of para-hydroxylation sites is 1. The van der Waals surface area contributed by atoms with Gasteiger partial charge in [0.2, 0.25) is 5.91 Å². The molecule has 0 radical (unpaired) electrons. The first kappa shape index (κ1) is 21.3. The number of piperazine rings is 1. The van der Waals surface area contributed by atoms with E-state index < -0.39 is 0 Å². The lowest BCUT2D eigenvalue weighted by Gasteiger charge is -2.49. The van der Waals surface area contributed by atoms with E-state index in [4.69, 9.17) is 4.74 Å². The molecular weight excluding hydrogens is 417 g/mol. The van der Waals surface area contributed by atoms with Crippen molar-refractivity contribution in [1.29, 1.82) is 0 Å². The summed E-state index contributed by atoms with van der Waals surface area (Å²) in [5, 5.41) is 3.10. The van der Waals surface area contributed by atoms with Gasteiger partial charge >= 0.3 is 0 Å². The summed E-state index contributed by atoms with van der Waals surface area (Å²) >= 11 is 0. The Morgan fingerprint density at radius 2 is 1.79 bits per heavy atom. The van der Waals surface area contributed by atoms with Crippen LogP contribution in [0.5, 0.6) is 5.75 Å². The second-order valence-corrected chi connectivity index (χ2v) is 8.69. The second-order valence-electron chi connectivity index (χ2n) is 8.69. The molecule has 1 amide bonds. The molecule has 2 heterocycles. The molecule has 0 saturated carbocycles. The average molecular weight is 446 g/mol. The molecular formula is C27H28FN3O2. The van der Waals surface area contributed by atoms with Crippen molar-refractivity contribution in [2.75, 3.05) is 36.5 Å². The number of anilines is 2. The standard InChI is InChI=1S/C27H28FN3O2/c1-33-23-12-10-22(11-13-23)30-14-15-31-25-5-3-2-4-20(25)16-24(26(31)18-30)27(32)29-17-19-6-8-21(28)9-7-19/h2-13,24,26H,14-18H2,1H3,(H,29,32)/t24-,26+/m1/s1. The molecule has 0 bridgehead atoms. The van der Waals surface area contributed by atoms with Crippen LogP contribution in [0.3, 0.4) is 0 Å². The lowest BCUT2D eigenvalue weighted by atomic mass is 9.83. The van der Waals surface area contributed by atoms with Gasteiger partial charge in [-0.3, -0.25) is 4.79 Å². The fraction of sp³-hybridized carbons (Fsp3) is 0.296. The van der Waals surface area contributed by atoms with Crippen molar-refractivity contribution < 1.29 is 13.9 Å². The van der Waals surface area contributed by atoms with E-state index in [0.717, 1.165) is 36.6 Å². The number of rotatable bonds is 5. The number of carbonyl (C=O) groups is 1. The maximum Gasteiger partial charge on any atom is 0.225 e. The number of hydrogen-bond acceptors (Lipinski definition) is 4. The van der Waals surface area contributed by atoms with Crippen LogP contribution >= 0.6 is 0 Å². The van der Waals surface area contributed by atoms with Gasteiger partial charge in [0.15, 0.2) is 0 Å². The van der Waals surface area contributed by atoms with Crippen LogP contribution in [0, 0.1) is 11.7 Å². The first-order chi connectivity index (χ1) is 16.1. The van der Waals surface area contributed by atoms with E-state index in [0.29, 0.717) is 13.0 Å². The Hall–Kier alpha value is -3.54. The molecule has 1 saturated heterocycles. The molecule has 1 N–H and O–H groups in total. The van der Waals surface area contributed by atoms with E-state index in [9.17, 15) is 9.18 Å². The minimum absolute atomic E-state index is 0.0420. The lowest BCUT2D eigenvalue weighted by molar-refractivity contribution is -0.126. The van der Waals surface area contributed by atoms with Crippen molar-refractivity contribution in [3.63, 3.8) is 0 Å². The Morgan fingerprint density at radius 3 is 2.55 bits per heavy atom. The summed E-state index contributed by atoms with van der Waals surface area (Å²) in [5.74, 6) is 0.439. The maximum absolute atomic E-state index is 13.4. The Balaban J connectivity index is 1.37. The number of hydrogen-bond donors (Lipinski definition) is 1. The SMILES string of the molecule is COc1ccc(N2CCN3c4ccccc4C[C@@H](C(=O)NCc4ccc(F)cc4)[C@@H]3C2)cc1. The van der Waals surface area contributed by atoms with Gasteiger partial charge in [0.25, 0.3) is 0 Å². The fourth-order valence-corrected chi connectivity index (χ4v) is 5.01. The van der Waals surface area contributed by atoms with Crippen molar-refractivity contribution in [1.82, 2.24) is 5.32 Å². The number of nitrogens with zero attached hydrogens (tertiary/aromatic N) is 2. The molecule has 2 aliphatic heterocycles. The smallest absolute Gasteiger partial charge is 0.225 e. The monoisotopic (exact) mass is 445 g/mol. The van der Waals surface area contributed by atoms with Crippen LogP contribution in [0.15, 0.2) is 72.8 Å². The largest absolute Gasteiger partial charge is 0.497 e. The summed E-state index contributed by atoms with van der Waals surface area (Å²) < 4.78 is 18.5. The zero-order valence-electron chi connectivity index (χ0n) is 18.7. The predicted molar refractivity (Wildman–Crippen MR) is 128 cm³/mol. The first-order valence-corrected chi connectivity index (χ1v) is 11.4. The van der Waals surface area contributed by atoms with E-state index in [1.165, 1.54) is 23.4 Å². The molecule has 33 heavy (non-hydrogen) atoms. The highest BCUT2D eigenvalue weighted by Gasteiger charge is 2.41. The van der Waals surface area contributed by atoms with Gasteiger partial charge in [-0.1, -0.05) is 30.3 Å². The van der Waals surface area contributed by atoms with Crippen LogP contribution in [0.2, 0.25) is 0 Å². The third-order valence-electron chi connectivity index (χ3n) is 6.78. The zero-order chi connectivity index (χ0) is 22.8. The molecule has 2 atom stereocenters. The highest BCUT2D eigenvalue weighted by Crippen LogP contribution is 2.37. The summed E-state index contributed by atoms with van der Waals surface area (Å²) in [6.45, 7) is 2.91. The molecule has 3 aromatic rings. The van der Waals surface area contributed by atoms with Crippen molar-refractivity contribution >= 4 is 17.3 Å². The van der Waals surface area contributed by atoms with Crippen LogP contribution < -0.4 is 19.9 Å². The van der Waals surface area contributed by atoms with Crippen molar-refractivity contribution in [3.8, 4) is 5.75 Å². The highest BCUT2D eigenvalue weighted by molar-refractivity contribution is 5.82. The van der Waals surface area contributed by atoms with E-state index in [-0.39, 0.29) is 23.7 Å². The van der Waals surface area contributed by atoms with Gasteiger partial charge in [0.05, 0.1) is 19.1 Å². The molecule has 0 unspecified atom stereocenters. The minimum Gasteiger partial charge on any atom is -0.497 e. The topological polar surface area (TPSA) is 44.8 Å². The maximum atomic E-state index is 13.4. The molecule has 6 heteroatoms. The molecule has 0 aromatic heterocycles. The number of fused-ring (bicyclic) bond motifs is 3. The van der Waals surface area contributed by atoms with E-state index in [1.54, 1.807) is 19.2 Å². The van der Waals surface area contributed by atoms with Gasteiger partial charge in [-0.15, -0.1) is 0 Å². The average Bonchev–Trinajstić information content (AvgIpc) is 2.87. The van der Waals surface area contributed by atoms with Gasteiger partial charge in [-0.05, 0) is 60.0 Å². The number of halogens is 1. The molecule has 5 nitrogen and oxygen atoms in total. The summed E-state index contributed by atoms with van der Waals surface area (Å²) in [6, 6.07) is 22.9. The fourth-order valence-electron chi connectivity index (χ4n) is 5.01. The highest BCUT2D eigenvalue weighted by atomic mass is 19.1. The molecule has 3 aromatic carbocycles. The van der Waals surface area contributed by atoms with E-state index >= 15 is 0 Å². The van der Waals surface area contributed by atoms with Crippen LogP contribution in [0.4, 0.5) is 15.8 Å². The molecule has 170 valence electrons. The number of benzene rings is 3. The van der Waals surface area contributed by atoms with Crippen LogP contribution in [-0.4, -0.2) is 38.7 Å². The molecule has 0 spiro atoms. The summed E-state index contributed by atoms with van der Waals surface area (Å²) in [4.78, 5) is 18.1. The normalized spacial score (nSPS) is 19.5. The number of amides is 1. The van der Waals surface area contributed by atoms with Crippen LogP contribution in [0.1, 0.15) is 11.1 Å². The van der Waals surface area contributed by atoms with Gasteiger partial charge in [-0.2, -0.15) is 0 Å². The third-order valence-corrected chi connectivity index (χ3v) is 6.78. The van der Waals surface area contributed by atoms with Gasteiger partial charge < -0.3 is 19.9 Å². The number of nitrogens with one attached hydrogen (secondary N) is 1. The number of methoxy groups -OCH3 is 1. The second kappa shape index (κ2) is 9.14. The Bertz CT molecular complexity index is 1120. The zero-order valence-corrected chi connectivity index (χ0v) is 18.7. The number of ether oxygens (including phenoxy) is 1. The Labute approximate surface area is 193 Å².